The third-order valence-corrected chi connectivity index (χ3v) is 2.17. The molecular weight excluding hydrogens is 170 g/mol. The SMILES string of the molecule is CSc1ccc([CH]C(N)=O)cc1. The van der Waals surface area contributed by atoms with Crippen molar-refractivity contribution in [2.45, 2.75) is 4.90 Å². The van der Waals surface area contributed by atoms with Gasteiger partial charge in [-0.2, -0.15) is 0 Å². The monoisotopic (exact) mass is 180 g/mol. The van der Waals surface area contributed by atoms with Crippen LogP contribution in [-0.2, 0) is 4.79 Å². The molecule has 0 aliphatic heterocycles. The minimum atomic E-state index is -0.410. The molecule has 0 aliphatic rings. The Kier molecular flexibility index (Phi) is 3.17. The molecule has 0 spiro atoms. The lowest BCUT2D eigenvalue weighted by Gasteiger charge is -1.98. The number of hydrogen-bond donors (Lipinski definition) is 1. The second-order valence-corrected chi connectivity index (χ2v) is 3.20. The van der Waals surface area contributed by atoms with Crippen molar-refractivity contribution in [3.63, 3.8) is 0 Å². The molecule has 0 atom stereocenters. The molecule has 0 unspecified atom stereocenters. The molecule has 0 aromatic heterocycles. The summed E-state index contributed by atoms with van der Waals surface area (Å²) in [5.74, 6) is -0.410. The van der Waals surface area contributed by atoms with E-state index in [9.17, 15) is 4.79 Å². The van der Waals surface area contributed by atoms with E-state index in [1.165, 1.54) is 11.3 Å². The largest absolute Gasteiger partial charge is 0.369 e. The number of benzene rings is 1. The van der Waals surface area contributed by atoms with E-state index in [0.717, 1.165) is 5.56 Å². The second kappa shape index (κ2) is 4.16. The average molecular weight is 180 g/mol. The first kappa shape index (κ1) is 9.13. The van der Waals surface area contributed by atoms with E-state index in [4.69, 9.17) is 5.73 Å². The summed E-state index contributed by atoms with van der Waals surface area (Å²) in [7, 11) is 0. The van der Waals surface area contributed by atoms with Gasteiger partial charge in [0.05, 0.1) is 6.42 Å². The van der Waals surface area contributed by atoms with Gasteiger partial charge in [-0.3, -0.25) is 4.79 Å². The van der Waals surface area contributed by atoms with Gasteiger partial charge in [-0.15, -0.1) is 11.8 Å². The van der Waals surface area contributed by atoms with Gasteiger partial charge in [0.2, 0.25) is 5.91 Å². The minimum Gasteiger partial charge on any atom is -0.369 e. The zero-order chi connectivity index (χ0) is 8.97. The van der Waals surface area contributed by atoms with Gasteiger partial charge in [-0.1, -0.05) is 12.1 Å². The van der Waals surface area contributed by atoms with Crippen LogP contribution >= 0.6 is 11.8 Å². The van der Waals surface area contributed by atoms with Gasteiger partial charge in [0.25, 0.3) is 0 Å². The van der Waals surface area contributed by atoms with Crippen LogP contribution in [0.2, 0.25) is 0 Å². The Balaban J connectivity index is 2.71. The van der Waals surface area contributed by atoms with Crippen LogP contribution in [0, 0.1) is 6.42 Å². The Morgan fingerprint density at radius 2 is 2.00 bits per heavy atom. The summed E-state index contributed by atoms with van der Waals surface area (Å²) >= 11 is 1.67. The fourth-order valence-electron chi connectivity index (χ4n) is 0.864. The second-order valence-electron chi connectivity index (χ2n) is 2.32. The highest BCUT2D eigenvalue weighted by atomic mass is 32.2. The van der Waals surface area contributed by atoms with Crippen LogP contribution in [0.5, 0.6) is 0 Å². The summed E-state index contributed by atoms with van der Waals surface area (Å²) < 4.78 is 0. The van der Waals surface area contributed by atoms with Crippen LogP contribution in [0.1, 0.15) is 5.56 Å². The van der Waals surface area contributed by atoms with Crippen LogP contribution in [-0.4, -0.2) is 12.2 Å². The van der Waals surface area contributed by atoms with Crippen molar-refractivity contribution in [1.82, 2.24) is 0 Å². The number of nitrogens with two attached hydrogens (primary N) is 1. The lowest BCUT2D eigenvalue weighted by atomic mass is 10.1. The first-order valence-corrected chi connectivity index (χ1v) is 4.73. The van der Waals surface area contributed by atoms with Gasteiger partial charge in [-0.05, 0) is 24.0 Å². The van der Waals surface area contributed by atoms with Crippen molar-refractivity contribution in [1.29, 1.82) is 0 Å². The van der Waals surface area contributed by atoms with Crippen molar-refractivity contribution in [3.8, 4) is 0 Å². The predicted octanol–water partition coefficient (Wildman–Crippen LogP) is 1.45. The van der Waals surface area contributed by atoms with Crippen LogP contribution in [0.4, 0.5) is 0 Å². The molecule has 1 aromatic rings. The smallest absolute Gasteiger partial charge is 0.226 e. The molecule has 0 saturated heterocycles. The molecule has 3 heteroatoms. The highest BCUT2D eigenvalue weighted by molar-refractivity contribution is 7.98. The van der Waals surface area contributed by atoms with Crippen molar-refractivity contribution in [2.75, 3.05) is 6.26 Å². The van der Waals surface area contributed by atoms with Crippen LogP contribution in [0.15, 0.2) is 29.2 Å². The molecule has 1 amide bonds. The van der Waals surface area contributed by atoms with Crippen molar-refractivity contribution in [3.05, 3.63) is 36.2 Å². The van der Waals surface area contributed by atoms with E-state index in [1.807, 2.05) is 30.5 Å². The quantitative estimate of drug-likeness (QED) is 0.715. The molecule has 0 bridgehead atoms. The van der Waals surface area contributed by atoms with E-state index in [1.54, 1.807) is 11.8 Å². The van der Waals surface area contributed by atoms with Crippen molar-refractivity contribution < 1.29 is 4.79 Å². The summed E-state index contributed by atoms with van der Waals surface area (Å²) in [5, 5.41) is 0. The Labute approximate surface area is 76.2 Å². The number of rotatable bonds is 3. The Bertz CT molecular complexity index is 268. The lowest BCUT2D eigenvalue weighted by molar-refractivity contribution is -0.114. The normalized spacial score (nSPS) is 9.75. The van der Waals surface area contributed by atoms with Crippen LogP contribution < -0.4 is 5.73 Å². The standard InChI is InChI=1S/C9H10NOS/c1-12-8-4-2-7(3-5-8)6-9(10)11/h2-6H,1H3,(H2,10,11). The van der Waals surface area contributed by atoms with E-state index in [-0.39, 0.29) is 0 Å². The number of carbonyl (C=O) groups is 1. The molecule has 2 nitrogen and oxygen atoms in total. The molecule has 12 heavy (non-hydrogen) atoms. The minimum absolute atomic E-state index is 0.410. The maximum absolute atomic E-state index is 10.5. The van der Waals surface area contributed by atoms with E-state index in [0.29, 0.717) is 0 Å². The van der Waals surface area contributed by atoms with E-state index >= 15 is 0 Å². The first-order chi connectivity index (χ1) is 5.72. The summed E-state index contributed by atoms with van der Waals surface area (Å²) in [6.45, 7) is 0. The maximum atomic E-state index is 10.5. The molecule has 2 N–H and O–H groups in total. The molecule has 0 heterocycles. The number of carbonyl (C=O) groups excluding carboxylic acids is 1. The third-order valence-electron chi connectivity index (χ3n) is 1.42. The highest BCUT2D eigenvalue weighted by Gasteiger charge is 1.97. The summed E-state index contributed by atoms with van der Waals surface area (Å²) in [4.78, 5) is 11.7. The molecule has 0 saturated carbocycles. The van der Waals surface area contributed by atoms with Gasteiger partial charge >= 0.3 is 0 Å². The summed E-state index contributed by atoms with van der Waals surface area (Å²) in [6, 6.07) is 7.66. The lowest BCUT2D eigenvalue weighted by Crippen LogP contribution is -2.11. The first-order valence-electron chi connectivity index (χ1n) is 3.50. The van der Waals surface area contributed by atoms with Crippen molar-refractivity contribution >= 4 is 17.7 Å². The number of hydrogen-bond acceptors (Lipinski definition) is 2. The topological polar surface area (TPSA) is 43.1 Å². The van der Waals surface area contributed by atoms with Gasteiger partial charge in [0.1, 0.15) is 0 Å². The molecule has 1 aromatic carbocycles. The van der Waals surface area contributed by atoms with Gasteiger partial charge in [0, 0.05) is 4.90 Å². The number of thioether (sulfide) groups is 1. The molecule has 0 aliphatic carbocycles. The number of primary amides is 1. The van der Waals surface area contributed by atoms with Crippen molar-refractivity contribution in [2.24, 2.45) is 5.73 Å². The van der Waals surface area contributed by atoms with Crippen LogP contribution in [0.25, 0.3) is 0 Å². The zero-order valence-electron chi connectivity index (χ0n) is 6.78. The van der Waals surface area contributed by atoms with Gasteiger partial charge < -0.3 is 5.73 Å². The average Bonchev–Trinajstić information content (AvgIpc) is 2.05. The highest BCUT2D eigenvalue weighted by Crippen LogP contribution is 2.15. The fraction of sp³-hybridized carbons (Fsp3) is 0.111. The van der Waals surface area contributed by atoms with Gasteiger partial charge in [0.15, 0.2) is 0 Å². The Morgan fingerprint density at radius 1 is 1.42 bits per heavy atom. The van der Waals surface area contributed by atoms with Gasteiger partial charge in [-0.25, -0.2) is 0 Å². The summed E-state index contributed by atoms with van der Waals surface area (Å²) in [5.41, 5.74) is 5.84. The van der Waals surface area contributed by atoms with E-state index in [2.05, 4.69) is 0 Å². The zero-order valence-corrected chi connectivity index (χ0v) is 7.60. The fourth-order valence-corrected chi connectivity index (χ4v) is 1.27. The molecule has 1 radical (unpaired) electrons. The Hall–Kier alpha value is -0.960. The van der Waals surface area contributed by atoms with Crippen LogP contribution in [0.3, 0.4) is 0 Å². The Morgan fingerprint density at radius 3 is 2.42 bits per heavy atom. The molecular formula is C9H10NOS. The van der Waals surface area contributed by atoms with E-state index < -0.39 is 5.91 Å². The molecule has 1 rings (SSSR count). The third kappa shape index (κ3) is 2.58. The number of amides is 1. The molecule has 0 fully saturated rings. The predicted molar refractivity (Wildman–Crippen MR) is 50.8 cm³/mol. The molecule has 63 valence electrons. The maximum Gasteiger partial charge on any atom is 0.226 e. The summed E-state index contributed by atoms with van der Waals surface area (Å²) in [6.07, 6.45) is 3.41.